The van der Waals surface area contributed by atoms with Crippen LogP contribution in [-0.4, -0.2) is 25.8 Å². The van der Waals surface area contributed by atoms with Gasteiger partial charge in [0.2, 0.25) is 5.69 Å². The van der Waals surface area contributed by atoms with Crippen molar-refractivity contribution in [3.63, 3.8) is 0 Å². The van der Waals surface area contributed by atoms with Crippen LogP contribution >= 0.6 is 0 Å². The molecule has 1 N–H and O–H groups in total. The third-order valence-corrected chi connectivity index (χ3v) is 2.55. The summed E-state index contributed by atoms with van der Waals surface area (Å²) in [6.45, 7) is 9.08. The van der Waals surface area contributed by atoms with E-state index in [9.17, 15) is 20.0 Å². The van der Waals surface area contributed by atoms with Crippen LogP contribution in [0, 0.1) is 16.0 Å². The molecule has 0 amide bonds. The fraction of sp³-hybridized carbons (Fsp3) is 0.667. The van der Waals surface area contributed by atoms with Gasteiger partial charge in [0.05, 0.1) is 10.5 Å². The molecule has 0 saturated heterocycles. The molecule has 0 spiro atoms. The van der Waals surface area contributed by atoms with Crippen molar-refractivity contribution in [2.24, 2.45) is 5.92 Å². The standard InChI is InChI=1S/C12H19N3O4/c1-7(2)6-8-9(15(18)19)10(11(16)17)14(13-8)12(3,4)5/h7H,6H2,1-5H3,(H,16,17). The van der Waals surface area contributed by atoms with Crippen LogP contribution in [-0.2, 0) is 12.0 Å². The lowest BCUT2D eigenvalue weighted by Crippen LogP contribution is -2.27. The lowest BCUT2D eigenvalue weighted by atomic mass is 10.1. The SMILES string of the molecule is CC(C)Cc1nn(C(C)(C)C)c(C(=O)O)c1[N+](=O)[O-]. The molecule has 0 fully saturated rings. The van der Waals surface area contributed by atoms with E-state index in [0.29, 0.717) is 6.42 Å². The van der Waals surface area contributed by atoms with Gasteiger partial charge in [0.25, 0.3) is 0 Å². The van der Waals surface area contributed by atoms with Crippen molar-refractivity contribution in [2.75, 3.05) is 0 Å². The monoisotopic (exact) mass is 269 g/mol. The number of aromatic carboxylic acids is 1. The van der Waals surface area contributed by atoms with E-state index < -0.39 is 22.1 Å². The van der Waals surface area contributed by atoms with Crippen LogP contribution in [0.15, 0.2) is 0 Å². The number of carbonyl (C=O) groups is 1. The number of nitrogens with zero attached hydrogens (tertiary/aromatic N) is 3. The second-order valence-corrected chi connectivity index (χ2v) is 5.89. The zero-order valence-electron chi connectivity index (χ0n) is 11.8. The molecule has 19 heavy (non-hydrogen) atoms. The predicted molar refractivity (Wildman–Crippen MR) is 69.4 cm³/mol. The number of aromatic nitrogens is 2. The van der Waals surface area contributed by atoms with E-state index in [1.165, 1.54) is 4.68 Å². The minimum atomic E-state index is -1.33. The van der Waals surface area contributed by atoms with Crippen molar-refractivity contribution in [1.82, 2.24) is 9.78 Å². The average molecular weight is 269 g/mol. The van der Waals surface area contributed by atoms with Gasteiger partial charge in [-0.05, 0) is 26.7 Å². The summed E-state index contributed by atoms with van der Waals surface area (Å²) < 4.78 is 1.23. The van der Waals surface area contributed by atoms with Crippen LogP contribution in [0.5, 0.6) is 0 Å². The van der Waals surface area contributed by atoms with E-state index in [1.807, 2.05) is 13.8 Å². The highest BCUT2D eigenvalue weighted by atomic mass is 16.6. The number of carboxylic acid groups (broad SMARTS) is 1. The van der Waals surface area contributed by atoms with Crippen LogP contribution in [0.4, 0.5) is 5.69 Å². The van der Waals surface area contributed by atoms with Gasteiger partial charge in [-0.25, -0.2) is 9.48 Å². The Bertz CT molecular complexity index is 512. The normalized spacial score (nSPS) is 11.9. The van der Waals surface area contributed by atoms with Crippen molar-refractivity contribution in [2.45, 2.75) is 46.6 Å². The zero-order chi connectivity index (χ0) is 15.0. The van der Waals surface area contributed by atoms with Gasteiger partial charge in [-0.3, -0.25) is 10.1 Å². The molecule has 0 saturated carbocycles. The summed E-state index contributed by atoms with van der Waals surface area (Å²) in [7, 11) is 0. The smallest absolute Gasteiger partial charge is 0.361 e. The maximum atomic E-state index is 11.3. The van der Waals surface area contributed by atoms with E-state index in [4.69, 9.17) is 0 Å². The van der Waals surface area contributed by atoms with Gasteiger partial charge >= 0.3 is 11.7 Å². The van der Waals surface area contributed by atoms with Crippen LogP contribution in [0.1, 0.15) is 50.8 Å². The Morgan fingerprint density at radius 2 is 2.00 bits per heavy atom. The Morgan fingerprint density at radius 1 is 1.47 bits per heavy atom. The number of hydrogen-bond acceptors (Lipinski definition) is 4. The van der Waals surface area contributed by atoms with E-state index in [2.05, 4.69) is 5.10 Å². The minimum absolute atomic E-state index is 0.156. The predicted octanol–water partition coefficient (Wildman–Crippen LogP) is 2.44. The van der Waals surface area contributed by atoms with Gasteiger partial charge in [-0.2, -0.15) is 5.10 Å². The first-order valence-corrected chi connectivity index (χ1v) is 6.05. The van der Waals surface area contributed by atoms with Crippen molar-refractivity contribution >= 4 is 11.7 Å². The second-order valence-electron chi connectivity index (χ2n) is 5.89. The van der Waals surface area contributed by atoms with Gasteiger partial charge in [0.1, 0.15) is 5.69 Å². The molecule has 1 heterocycles. The fourth-order valence-electron chi connectivity index (χ4n) is 1.85. The quantitative estimate of drug-likeness (QED) is 0.668. The van der Waals surface area contributed by atoms with Crippen molar-refractivity contribution in [3.05, 3.63) is 21.5 Å². The molecule has 0 bridgehead atoms. The molecule has 7 heteroatoms. The Balaban J connectivity index is 3.59. The van der Waals surface area contributed by atoms with Gasteiger partial charge in [0, 0.05) is 6.42 Å². The zero-order valence-corrected chi connectivity index (χ0v) is 11.8. The molecule has 0 aliphatic rings. The first-order chi connectivity index (χ1) is 8.55. The highest BCUT2D eigenvalue weighted by molar-refractivity contribution is 5.91. The molecule has 0 aromatic carbocycles. The first-order valence-electron chi connectivity index (χ1n) is 6.05. The molecule has 0 aliphatic heterocycles. The van der Waals surface area contributed by atoms with Crippen molar-refractivity contribution < 1.29 is 14.8 Å². The minimum Gasteiger partial charge on any atom is -0.476 e. The molecule has 106 valence electrons. The second kappa shape index (κ2) is 4.99. The third kappa shape index (κ3) is 3.10. The van der Waals surface area contributed by atoms with E-state index in [1.54, 1.807) is 20.8 Å². The molecular formula is C12H19N3O4. The molecule has 0 radical (unpaired) electrons. The molecule has 7 nitrogen and oxygen atoms in total. The lowest BCUT2D eigenvalue weighted by molar-refractivity contribution is -0.386. The highest BCUT2D eigenvalue weighted by Crippen LogP contribution is 2.30. The van der Waals surface area contributed by atoms with E-state index in [0.717, 1.165) is 0 Å². The number of carboxylic acids is 1. The number of hydrogen-bond donors (Lipinski definition) is 1. The summed E-state index contributed by atoms with van der Waals surface area (Å²) in [6, 6.07) is 0. The summed E-state index contributed by atoms with van der Waals surface area (Å²) in [5.41, 5.74) is -1.15. The third-order valence-electron chi connectivity index (χ3n) is 2.55. The summed E-state index contributed by atoms with van der Waals surface area (Å²) in [5, 5.41) is 24.6. The number of nitro groups is 1. The molecule has 0 unspecified atom stereocenters. The van der Waals surface area contributed by atoms with Crippen LogP contribution in [0.3, 0.4) is 0 Å². The van der Waals surface area contributed by atoms with Crippen molar-refractivity contribution in [1.29, 1.82) is 0 Å². The molecule has 0 aliphatic carbocycles. The molecule has 1 rings (SSSR count). The Labute approximate surface area is 111 Å². The van der Waals surface area contributed by atoms with Gasteiger partial charge < -0.3 is 5.11 Å². The summed E-state index contributed by atoms with van der Waals surface area (Å²) in [6.07, 6.45) is 0.375. The van der Waals surface area contributed by atoms with Crippen molar-refractivity contribution in [3.8, 4) is 0 Å². The molecular weight excluding hydrogens is 250 g/mol. The maximum absolute atomic E-state index is 11.3. The van der Waals surface area contributed by atoms with E-state index >= 15 is 0 Å². The topological polar surface area (TPSA) is 98.3 Å². The number of rotatable bonds is 4. The lowest BCUT2D eigenvalue weighted by Gasteiger charge is -2.20. The Hall–Kier alpha value is -1.92. The summed E-state index contributed by atoms with van der Waals surface area (Å²) in [4.78, 5) is 21.8. The van der Waals surface area contributed by atoms with Crippen LogP contribution < -0.4 is 0 Å². The van der Waals surface area contributed by atoms with Gasteiger partial charge in [-0.15, -0.1) is 0 Å². The molecule has 1 aromatic rings. The Kier molecular flexibility index (Phi) is 3.97. The highest BCUT2D eigenvalue weighted by Gasteiger charge is 2.36. The largest absolute Gasteiger partial charge is 0.476 e. The van der Waals surface area contributed by atoms with Gasteiger partial charge in [0.15, 0.2) is 0 Å². The average Bonchev–Trinajstić information content (AvgIpc) is 2.55. The summed E-state index contributed by atoms with van der Waals surface area (Å²) >= 11 is 0. The fourth-order valence-corrected chi connectivity index (χ4v) is 1.85. The first kappa shape index (κ1) is 15.1. The molecule has 1 aromatic heterocycles. The van der Waals surface area contributed by atoms with Crippen LogP contribution in [0.2, 0.25) is 0 Å². The Morgan fingerprint density at radius 3 is 2.32 bits per heavy atom. The van der Waals surface area contributed by atoms with Gasteiger partial charge in [-0.1, -0.05) is 13.8 Å². The van der Waals surface area contributed by atoms with Crippen LogP contribution in [0.25, 0.3) is 0 Å². The summed E-state index contributed by atoms with van der Waals surface area (Å²) in [5.74, 6) is -1.17. The molecule has 0 atom stereocenters. The maximum Gasteiger partial charge on any atom is 0.361 e. The van der Waals surface area contributed by atoms with E-state index in [-0.39, 0.29) is 17.3 Å².